The summed E-state index contributed by atoms with van der Waals surface area (Å²) in [5.41, 5.74) is 4.69. The van der Waals surface area contributed by atoms with Gasteiger partial charge in [-0.15, -0.1) is 0 Å². The standard InChI is InChI=1S/C23H27NO3/c1-16-7-8-18(11-17(16)2)13-23(25)24(20-5-3-4-6-20)14-19-9-10-21-22(12-19)27-15-26-21/h7-12,20H,3-6,13-15H2,1-2H3. The first-order valence-corrected chi connectivity index (χ1v) is 9.84. The molecule has 142 valence electrons. The first-order chi connectivity index (χ1) is 13.1. The Balaban J connectivity index is 1.53. The van der Waals surface area contributed by atoms with E-state index in [1.807, 2.05) is 18.2 Å². The quantitative estimate of drug-likeness (QED) is 0.780. The minimum atomic E-state index is 0.211. The molecule has 2 aromatic carbocycles. The zero-order chi connectivity index (χ0) is 18.8. The maximum absolute atomic E-state index is 13.2. The van der Waals surface area contributed by atoms with Gasteiger partial charge in [0.2, 0.25) is 12.7 Å². The largest absolute Gasteiger partial charge is 0.454 e. The predicted octanol–water partition coefficient (Wildman–Crippen LogP) is 4.55. The summed E-state index contributed by atoms with van der Waals surface area (Å²) in [6, 6.07) is 12.7. The minimum Gasteiger partial charge on any atom is -0.454 e. The van der Waals surface area contributed by atoms with Crippen LogP contribution >= 0.6 is 0 Å². The van der Waals surface area contributed by atoms with E-state index in [9.17, 15) is 4.79 Å². The van der Waals surface area contributed by atoms with Crippen molar-refractivity contribution in [2.45, 2.75) is 58.5 Å². The number of fused-ring (bicyclic) bond motifs is 1. The second-order valence-corrected chi connectivity index (χ2v) is 7.74. The highest BCUT2D eigenvalue weighted by Crippen LogP contribution is 2.34. The lowest BCUT2D eigenvalue weighted by atomic mass is 10.0. The van der Waals surface area contributed by atoms with Crippen LogP contribution in [0.5, 0.6) is 11.5 Å². The van der Waals surface area contributed by atoms with Crippen LogP contribution in [0, 0.1) is 13.8 Å². The molecular formula is C23H27NO3. The molecule has 0 atom stereocenters. The number of carbonyl (C=O) groups excluding carboxylic acids is 1. The summed E-state index contributed by atoms with van der Waals surface area (Å²) in [5.74, 6) is 1.77. The third-order valence-corrected chi connectivity index (χ3v) is 5.80. The summed E-state index contributed by atoms with van der Waals surface area (Å²) in [7, 11) is 0. The topological polar surface area (TPSA) is 38.8 Å². The monoisotopic (exact) mass is 365 g/mol. The summed E-state index contributed by atoms with van der Waals surface area (Å²) >= 11 is 0. The molecule has 27 heavy (non-hydrogen) atoms. The smallest absolute Gasteiger partial charge is 0.231 e. The summed E-state index contributed by atoms with van der Waals surface area (Å²) in [6.07, 6.45) is 5.08. The number of hydrogen-bond acceptors (Lipinski definition) is 3. The van der Waals surface area contributed by atoms with Gasteiger partial charge < -0.3 is 14.4 Å². The van der Waals surface area contributed by atoms with Crippen LogP contribution in [-0.4, -0.2) is 23.6 Å². The van der Waals surface area contributed by atoms with Crippen molar-refractivity contribution in [3.63, 3.8) is 0 Å². The number of amides is 1. The normalized spacial score (nSPS) is 15.9. The molecule has 0 radical (unpaired) electrons. The lowest BCUT2D eigenvalue weighted by Gasteiger charge is -2.29. The van der Waals surface area contributed by atoms with Gasteiger partial charge in [-0.2, -0.15) is 0 Å². The maximum Gasteiger partial charge on any atom is 0.231 e. The second kappa shape index (κ2) is 7.63. The predicted molar refractivity (Wildman–Crippen MR) is 105 cm³/mol. The van der Waals surface area contributed by atoms with E-state index in [1.165, 1.54) is 24.0 Å². The van der Waals surface area contributed by atoms with Crippen LogP contribution in [0.25, 0.3) is 0 Å². The average molecular weight is 365 g/mol. The SMILES string of the molecule is Cc1ccc(CC(=O)N(Cc2ccc3c(c2)OCO3)C2CCCC2)cc1C. The first kappa shape index (κ1) is 17.9. The Morgan fingerprint density at radius 1 is 0.963 bits per heavy atom. The second-order valence-electron chi connectivity index (χ2n) is 7.74. The molecule has 4 heteroatoms. The van der Waals surface area contributed by atoms with Gasteiger partial charge in [-0.3, -0.25) is 4.79 Å². The number of hydrogen-bond donors (Lipinski definition) is 0. The number of rotatable bonds is 5. The molecule has 0 spiro atoms. The highest BCUT2D eigenvalue weighted by atomic mass is 16.7. The Morgan fingerprint density at radius 2 is 1.70 bits per heavy atom. The lowest BCUT2D eigenvalue weighted by molar-refractivity contribution is -0.133. The highest BCUT2D eigenvalue weighted by molar-refractivity contribution is 5.79. The molecule has 2 aliphatic rings. The molecule has 4 nitrogen and oxygen atoms in total. The van der Waals surface area contributed by atoms with Crippen molar-refractivity contribution in [1.82, 2.24) is 4.90 Å². The van der Waals surface area contributed by atoms with Gasteiger partial charge in [-0.1, -0.05) is 37.1 Å². The summed E-state index contributed by atoms with van der Waals surface area (Å²) < 4.78 is 10.9. The van der Waals surface area contributed by atoms with Gasteiger partial charge in [0.05, 0.1) is 6.42 Å². The van der Waals surface area contributed by atoms with Gasteiger partial charge in [-0.05, 0) is 61.1 Å². The molecular weight excluding hydrogens is 338 g/mol. The molecule has 4 rings (SSSR count). The van der Waals surface area contributed by atoms with E-state index in [-0.39, 0.29) is 12.7 Å². The number of aryl methyl sites for hydroxylation is 2. The zero-order valence-corrected chi connectivity index (χ0v) is 16.2. The Kier molecular flexibility index (Phi) is 5.06. The number of benzene rings is 2. The molecule has 0 unspecified atom stereocenters. The van der Waals surface area contributed by atoms with Crippen LogP contribution in [-0.2, 0) is 17.8 Å². The fraction of sp³-hybridized carbons (Fsp3) is 0.435. The van der Waals surface area contributed by atoms with Gasteiger partial charge in [0, 0.05) is 12.6 Å². The van der Waals surface area contributed by atoms with Crippen molar-refractivity contribution in [2.24, 2.45) is 0 Å². The Bertz CT molecular complexity index is 840. The Morgan fingerprint density at radius 3 is 2.48 bits per heavy atom. The summed E-state index contributed by atoms with van der Waals surface area (Å²) in [5, 5.41) is 0. The molecule has 1 amide bonds. The van der Waals surface area contributed by atoms with E-state index in [0.29, 0.717) is 19.0 Å². The van der Waals surface area contributed by atoms with Crippen molar-refractivity contribution in [3.8, 4) is 11.5 Å². The fourth-order valence-corrected chi connectivity index (χ4v) is 4.06. The van der Waals surface area contributed by atoms with E-state index < -0.39 is 0 Å². The van der Waals surface area contributed by atoms with Crippen LogP contribution < -0.4 is 9.47 Å². The van der Waals surface area contributed by atoms with Gasteiger partial charge in [0.15, 0.2) is 11.5 Å². The molecule has 0 aromatic heterocycles. The summed E-state index contributed by atoms with van der Waals surface area (Å²) in [6.45, 7) is 5.11. The van der Waals surface area contributed by atoms with Crippen molar-refractivity contribution in [3.05, 3.63) is 58.7 Å². The van der Waals surface area contributed by atoms with Crippen molar-refractivity contribution < 1.29 is 14.3 Å². The first-order valence-electron chi connectivity index (χ1n) is 9.84. The Hall–Kier alpha value is -2.49. The third-order valence-electron chi connectivity index (χ3n) is 5.80. The van der Waals surface area contributed by atoms with Gasteiger partial charge in [0.25, 0.3) is 0 Å². The van der Waals surface area contributed by atoms with E-state index in [1.54, 1.807) is 0 Å². The lowest BCUT2D eigenvalue weighted by Crippen LogP contribution is -2.39. The van der Waals surface area contributed by atoms with Gasteiger partial charge in [0.1, 0.15) is 0 Å². The highest BCUT2D eigenvalue weighted by Gasteiger charge is 2.27. The minimum absolute atomic E-state index is 0.211. The molecule has 1 aliphatic carbocycles. The number of ether oxygens (including phenoxy) is 2. The summed E-state index contributed by atoms with van der Waals surface area (Å²) in [4.78, 5) is 15.3. The average Bonchev–Trinajstić information content (AvgIpc) is 3.33. The van der Waals surface area contributed by atoms with E-state index in [4.69, 9.17) is 9.47 Å². The maximum atomic E-state index is 13.2. The molecule has 0 bridgehead atoms. The molecule has 0 saturated heterocycles. The van der Waals surface area contributed by atoms with Crippen molar-refractivity contribution in [1.29, 1.82) is 0 Å². The van der Waals surface area contributed by atoms with Crippen LogP contribution in [0.2, 0.25) is 0 Å². The molecule has 1 heterocycles. The van der Waals surface area contributed by atoms with Crippen molar-refractivity contribution >= 4 is 5.91 Å². The van der Waals surface area contributed by atoms with Crippen LogP contribution in [0.15, 0.2) is 36.4 Å². The van der Waals surface area contributed by atoms with Gasteiger partial charge in [-0.25, -0.2) is 0 Å². The fourth-order valence-electron chi connectivity index (χ4n) is 4.06. The molecule has 2 aromatic rings. The third kappa shape index (κ3) is 3.95. The molecule has 1 saturated carbocycles. The van der Waals surface area contributed by atoms with Crippen LogP contribution in [0.4, 0.5) is 0 Å². The Labute approximate surface area is 161 Å². The van der Waals surface area contributed by atoms with Crippen molar-refractivity contribution in [2.75, 3.05) is 6.79 Å². The number of carbonyl (C=O) groups is 1. The number of nitrogens with zero attached hydrogens (tertiary/aromatic N) is 1. The molecule has 1 aliphatic heterocycles. The van der Waals surface area contributed by atoms with E-state index in [0.717, 1.165) is 35.5 Å². The van der Waals surface area contributed by atoms with Crippen LogP contribution in [0.3, 0.4) is 0 Å². The van der Waals surface area contributed by atoms with Gasteiger partial charge >= 0.3 is 0 Å². The zero-order valence-electron chi connectivity index (χ0n) is 16.2. The van der Waals surface area contributed by atoms with E-state index >= 15 is 0 Å². The van der Waals surface area contributed by atoms with E-state index in [2.05, 4.69) is 36.9 Å². The molecule has 0 N–H and O–H groups in total. The van der Waals surface area contributed by atoms with Crippen LogP contribution in [0.1, 0.15) is 47.9 Å². The molecule has 1 fully saturated rings.